The van der Waals surface area contributed by atoms with Crippen LogP contribution >= 0.6 is 0 Å². The highest BCUT2D eigenvalue weighted by atomic mass is 16.5. The van der Waals surface area contributed by atoms with E-state index in [1.165, 1.54) is 58.2 Å². The summed E-state index contributed by atoms with van der Waals surface area (Å²) in [6, 6.07) is 0.732. The van der Waals surface area contributed by atoms with Gasteiger partial charge in [-0.25, -0.2) is 0 Å². The molecule has 3 heteroatoms. The Labute approximate surface area is 106 Å². The van der Waals surface area contributed by atoms with Crippen molar-refractivity contribution in [2.75, 3.05) is 26.2 Å². The molecule has 2 aliphatic rings. The average molecular weight is 240 g/mol. The molecule has 1 saturated heterocycles. The molecule has 2 fully saturated rings. The van der Waals surface area contributed by atoms with Crippen molar-refractivity contribution in [3.63, 3.8) is 0 Å². The van der Waals surface area contributed by atoms with Crippen molar-refractivity contribution in [1.82, 2.24) is 10.6 Å². The van der Waals surface area contributed by atoms with Crippen LogP contribution in [0.2, 0.25) is 0 Å². The summed E-state index contributed by atoms with van der Waals surface area (Å²) in [5.74, 6) is 0.933. The van der Waals surface area contributed by atoms with Crippen LogP contribution in [0.1, 0.15) is 45.4 Å². The van der Waals surface area contributed by atoms with Gasteiger partial charge in [-0.05, 0) is 71.0 Å². The van der Waals surface area contributed by atoms with Gasteiger partial charge in [0.1, 0.15) is 0 Å². The Hall–Kier alpha value is -0.120. The first kappa shape index (κ1) is 13.3. The number of nitrogens with one attached hydrogen (secondary N) is 2. The second-order valence-corrected chi connectivity index (χ2v) is 5.55. The van der Waals surface area contributed by atoms with Gasteiger partial charge in [-0.1, -0.05) is 0 Å². The molecule has 0 bridgehead atoms. The Morgan fingerprint density at radius 2 is 2.24 bits per heavy atom. The maximum atomic E-state index is 5.56. The zero-order valence-corrected chi connectivity index (χ0v) is 11.2. The average Bonchev–Trinajstić information content (AvgIpc) is 2.32. The van der Waals surface area contributed by atoms with E-state index < -0.39 is 0 Å². The predicted octanol–water partition coefficient (Wildman–Crippen LogP) is 1.92. The highest BCUT2D eigenvalue weighted by Crippen LogP contribution is 2.23. The standard InChI is InChI=1S/C14H28N2O/c1-2-17-14-9-13(10-14)16-8-4-6-12-5-3-7-15-11-12/h12-16H,2-11H2,1H3. The minimum absolute atomic E-state index is 0.542. The Kier molecular flexibility index (Phi) is 5.75. The lowest BCUT2D eigenvalue weighted by Crippen LogP contribution is -2.45. The van der Waals surface area contributed by atoms with Crippen molar-refractivity contribution in [1.29, 1.82) is 0 Å². The summed E-state index contributed by atoms with van der Waals surface area (Å²) >= 11 is 0. The summed E-state index contributed by atoms with van der Waals surface area (Å²) in [7, 11) is 0. The number of ether oxygens (including phenoxy) is 1. The highest BCUT2D eigenvalue weighted by molar-refractivity contribution is 4.85. The van der Waals surface area contributed by atoms with Crippen molar-refractivity contribution >= 4 is 0 Å². The number of hydrogen-bond donors (Lipinski definition) is 2. The van der Waals surface area contributed by atoms with Gasteiger partial charge < -0.3 is 15.4 Å². The molecule has 1 saturated carbocycles. The molecule has 0 aromatic heterocycles. The smallest absolute Gasteiger partial charge is 0.0604 e. The summed E-state index contributed by atoms with van der Waals surface area (Å²) in [5.41, 5.74) is 0. The van der Waals surface area contributed by atoms with Gasteiger partial charge in [-0.15, -0.1) is 0 Å². The molecule has 1 aliphatic heterocycles. The van der Waals surface area contributed by atoms with Gasteiger partial charge in [0.25, 0.3) is 0 Å². The summed E-state index contributed by atoms with van der Waals surface area (Å²) in [6.45, 7) is 6.62. The molecule has 0 aromatic carbocycles. The molecule has 3 nitrogen and oxygen atoms in total. The molecular weight excluding hydrogens is 212 g/mol. The third-order valence-corrected chi connectivity index (χ3v) is 4.12. The Morgan fingerprint density at radius 3 is 2.94 bits per heavy atom. The van der Waals surface area contributed by atoms with E-state index in [0.717, 1.165) is 18.6 Å². The van der Waals surface area contributed by atoms with Crippen LogP contribution in [0.15, 0.2) is 0 Å². The Balaban J connectivity index is 1.42. The van der Waals surface area contributed by atoms with E-state index in [4.69, 9.17) is 4.74 Å². The lowest BCUT2D eigenvalue weighted by Gasteiger charge is -2.35. The number of hydrogen-bond acceptors (Lipinski definition) is 3. The van der Waals surface area contributed by atoms with Gasteiger partial charge >= 0.3 is 0 Å². The minimum atomic E-state index is 0.542. The van der Waals surface area contributed by atoms with Crippen LogP contribution in [0, 0.1) is 5.92 Å². The van der Waals surface area contributed by atoms with Crippen molar-refractivity contribution in [3.8, 4) is 0 Å². The molecule has 1 atom stereocenters. The first-order valence-electron chi connectivity index (χ1n) is 7.44. The molecule has 0 aromatic rings. The van der Waals surface area contributed by atoms with E-state index in [9.17, 15) is 0 Å². The van der Waals surface area contributed by atoms with E-state index in [2.05, 4.69) is 17.6 Å². The van der Waals surface area contributed by atoms with Crippen LogP contribution in [0.5, 0.6) is 0 Å². The lowest BCUT2D eigenvalue weighted by atomic mass is 9.89. The SMILES string of the molecule is CCOC1CC(NCCCC2CCCNC2)C1. The Morgan fingerprint density at radius 1 is 1.35 bits per heavy atom. The van der Waals surface area contributed by atoms with Crippen LogP contribution in [-0.2, 0) is 4.74 Å². The van der Waals surface area contributed by atoms with Gasteiger partial charge in [-0.3, -0.25) is 0 Å². The van der Waals surface area contributed by atoms with E-state index in [1.807, 2.05) is 0 Å². The topological polar surface area (TPSA) is 33.3 Å². The quantitative estimate of drug-likeness (QED) is 0.667. The summed E-state index contributed by atoms with van der Waals surface area (Å²) in [5, 5.41) is 7.14. The van der Waals surface area contributed by atoms with Gasteiger partial charge in [-0.2, -0.15) is 0 Å². The number of rotatable bonds is 7. The largest absolute Gasteiger partial charge is 0.378 e. The van der Waals surface area contributed by atoms with Gasteiger partial charge in [0.15, 0.2) is 0 Å². The third-order valence-electron chi connectivity index (χ3n) is 4.12. The molecule has 2 rings (SSSR count). The minimum Gasteiger partial charge on any atom is -0.378 e. The summed E-state index contributed by atoms with van der Waals surface area (Å²) < 4.78 is 5.56. The van der Waals surface area contributed by atoms with Gasteiger partial charge in [0.2, 0.25) is 0 Å². The molecule has 0 spiro atoms. The molecule has 100 valence electrons. The number of piperidine rings is 1. The first-order chi connectivity index (χ1) is 8.38. The molecule has 1 aliphatic carbocycles. The second kappa shape index (κ2) is 7.34. The Bertz CT molecular complexity index is 198. The molecular formula is C14H28N2O. The second-order valence-electron chi connectivity index (χ2n) is 5.55. The fraction of sp³-hybridized carbons (Fsp3) is 1.00. The normalized spacial score (nSPS) is 33.4. The van der Waals surface area contributed by atoms with Gasteiger partial charge in [0, 0.05) is 12.6 Å². The van der Waals surface area contributed by atoms with Crippen molar-refractivity contribution in [2.45, 2.75) is 57.6 Å². The van der Waals surface area contributed by atoms with Crippen molar-refractivity contribution < 1.29 is 4.74 Å². The fourth-order valence-electron chi connectivity index (χ4n) is 2.97. The molecule has 0 radical (unpaired) electrons. The van der Waals surface area contributed by atoms with Crippen LogP contribution < -0.4 is 10.6 Å². The first-order valence-corrected chi connectivity index (χ1v) is 7.44. The van der Waals surface area contributed by atoms with E-state index in [-0.39, 0.29) is 0 Å². The summed E-state index contributed by atoms with van der Waals surface area (Å²) in [4.78, 5) is 0. The van der Waals surface area contributed by atoms with E-state index >= 15 is 0 Å². The molecule has 2 N–H and O–H groups in total. The maximum Gasteiger partial charge on any atom is 0.0604 e. The third kappa shape index (κ3) is 4.57. The maximum absolute atomic E-state index is 5.56. The zero-order valence-electron chi connectivity index (χ0n) is 11.2. The molecule has 17 heavy (non-hydrogen) atoms. The van der Waals surface area contributed by atoms with E-state index in [0.29, 0.717) is 6.10 Å². The monoisotopic (exact) mass is 240 g/mol. The molecule has 0 amide bonds. The molecule has 1 heterocycles. The molecule has 1 unspecified atom stereocenters. The van der Waals surface area contributed by atoms with Gasteiger partial charge in [0.05, 0.1) is 6.10 Å². The fourth-order valence-corrected chi connectivity index (χ4v) is 2.97. The predicted molar refractivity (Wildman–Crippen MR) is 71.3 cm³/mol. The highest BCUT2D eigenvalue weighted by Gasteiger charge is 2.28. The van der Waals surface area contributed by atoms with Crippen LogP contribution in [-0.4, -0.2) is 38.4 Å². The van der Waals surface area contributed by atoms with Crippen molar-refractivity contribution in [2.24, 2.45) is 5.92 Å². The van der Waals surface area contributed by atoms with Crippen LogP contribution in [0.4, 0.5) is 0 Å². The summed E-state index contributed by atoms with van der Waals surface area (Å²) in [6.07, 6.45) is 8.51. The van der Waals surface area contributed by atoms with E-state index in [1.54, 1.807) is 0 Å². The lowest BCUT2D eigenvalue weighted by molar-refractivity contribution is -0.00981. The van der Waals surface area contributed by atoms with Crippen LogP contribution in [0.25, 0.3) is 0 Å². The van der Waals surface area contributed by atoms with Crippen molar-refractivity contribution in [3.05, 3.63) is 0 Å². The van der Waals surface area contributed by atoms with Crippen LogP contribution in [0.3, 0.4) is 0 Å². The zero-order chi connectivity index (χ0) is 11.9.